The summed E-state index contributed by atoms with van der Waals surface area (Å²) in [4.78, 5) is 26.7. The van der Waals surface area contributed by atoms with Crippen molar-refractivity contribution in [3.05, 3.63) is 29.8 Å². The average molecular weight is 395 g/mol. The Morgan fingerprint density at radius 1 is 1.15 bits per heavy atom. The van der Waals surface area contributed by atoms with Crippen molar-refractivity contribution >= 4 is 30.0 Å². The Morgan fingerprint density at radius 3 is 2.63 bits per heavy atom. The van der Waals surface area contributed by atoms with Crippen LogP contribution >= 0.6 is 12.4 Å². The first kappa shape index (κ1) is 21.5. The number of aryl methyl sites for hydroxylation is 1. The number of nitrogens with zero attached hydrogens (tertiary/aromatic N) is 1. The van der Waals surface area contributed by atoms with Crippen molar-refractivity contribution in [3.63, 3.8) is 0 Å². The fourth-order valence-electron chi connectivity index (χ4n) is 3.76. The molecule has 2 unspecified atom stereocenters. The minimum atomic E-state index is -0.189. The molecule has 2 heterocycles. The molecule has 7 heteroatoms. The van der Waals surface area contributed by atoms with Crippen LogP contribution in [0, 0.1) is 12.8 Å². The SMILES string of the molecule is Cc1ccc(NC(=O)NCC2CCCN(C(=O)C3CCCCN3)C2)cc1.Cl. The number of piperidine rings is 2. The van der Waals surface area contributed by atoms with Crippen LogP contribution in [0.15, 0.2) is 24.3 Å². The first-order valence-corrected chi connectivity index (χ1v) is 9.75. The number of halogens is 1. The lowest BCUT2D eigenvalue weighted by Gasteiger charge is -2.36. The predicted octanol–water partition coefficient (Wildman–Crippen LogP) is 2.92. The summed E-state index contributed by atoms with van der Waals surface area (Å²) in [6, 6.07) is 7.53. The summed E-state index contributed by atoms with van der Waals surface area (Å²) in [5, 5.41) is 9.15. The van der Waals surface area contributed by atoms with Crippen LogP contribution in [0.4, 0.5) is 10.5 Å². The van der Waals surface area contributed by atoms with Crippen LogP contribution in [-0.2, 0) is 4.79 Å². The van der Waals surface area contributed by atoms with Gasteiger partial charge in [-0.1, -0.05) is 24.1 Å². The lowest BCUT2D eigenvalue weighted by atomic mass is 9.96. The molecule has 3 rings (SSSR count). The Morgan fingerprint density at radius 2 is 1.93 bits per heavy atom. The van der Waals surface area contributed by atoms with Gasteiger partial charge >= 0.3 is 6.03 Å². The highest BCUT2D eigenvalue weighted by molar-refractivity contribution is 5.89. The van der Waals surface area contributed by atoms with Crippen molar-refractivity contribution in [2.75, 3.05) is 31.5 Å². The van der Waals surface area contributed by atoms with Gasteiger partial charge < -0.3 is 20.9 Å². The molecule has 0 aliphatic carbocycles. The standard InChI is InChI=1S/C20H30N4O2.ClH/c1-15-7-9-17(10-8-15)23-20(26)22-13-16-5-4-12-24(14-16)19(25)18-6-2-3-11-21-18;/h7-10,16,18,21H,2-6,11-14H2,1H3,(H2,22,23,26);1H. The quantitative estimate of drug-likeness (QED) is 0.735. The number of benzene rings is 1. The summed E-state index contributed by atoms with van der Waals surface area (Å²) in [5.41, 5.74) is 1.95. The molecule has 150 valence electrons. The topological polar surface area (TPSA) is 73.5 Å². The predicted molar refractivity (Wildman–Crippen MR) is 110 cm³/mol. The van der Waals surface area contributed by atoms with E-state index in [2.05, 4.69) is 16.0 Å². The van der Waals surface area contributed by atoms with Crippen LogP contribution in [0.1, 0.15) is 37.7 Å². The Bertz CT molecular complexity index is 617. The zero-order valence-corrected chi connectivity index (χ0v) is 16.8. The van der Waals surface area contributed by atoms with Gasteiger partial charge in [-0.05, 0) is 57.2 Å². The number of hydrogen-bond acceptors (Lipinski definition) is 3. The number of hydrogen-bond donors (Lipinski definition) is 3. The molecule has 0 saturated carbocycles. The molecule has 1 aromatic carbocycles. The van der Waals surface area contributed by atoms with Gasteiger partial charge in [0.25, 0.3) is 0 Å². The highest BCUT2D eigenvalue weighted by Gasteiger charge is 2.29. The summed E-state index contributed by atoms with van der Waals surface area (Å²) < 4.78 is 0. The normalized spacial score (nSPS) is 22.5. The average Bonchev–Trinajstić information content (AvgIpc) is 2.68. The molecule has 0 radical (unpaired) electrons. The smallest absolute Gasteiger partial charge is 0.319 e. The number of urea groups is 1. The van der Waals surface area contributed by atoms with Gasteiger partial charge in [0.05, 0.1) is 6.04 Å². The van der Waals surface area contributed by atoms with E-state index in [0.29, 0.717) is 12.5 Å². The molecule has 2 aliphatic heterocycles. The molecule has 2 atom stereocenters. The summed E-state index contributed by atoms with van der Waals surface area (Å²) in [6.45, 7) is 5.13. The molecular formula is C20H31ClN4O2. The lowest BCUT2D eigenvalue weighted by molar-refractivity contribution is -0.135. The minimum absolute atomic E-state index is 0. The van der Waals surface area contributed by atoms with E-state index in [0.717, 1.165) is 63.0 Å². The summed E-state index contributed by atoms with van der Waals surface area (Å²) in [7, 11) is 0. The maximum Gasteiger partial charge on any atom is 0.319 e. The van der Waals surface area contributed by atoms with Crippen LogP contribution in [0.3, 0.4) is 0 Å². The summed E-state index contributed by atoms with van der Waals surface area (Å²) >= 11 is 0. The van der Waals surface area contributed by atoms with Gasteiger partial charge in [-0.2, -0.15) is 0 Å². The number of rotatable bonds is 4. The number of amides is 3. The van der Waals surface area contributed by atoms with Crippen molar-refractivity contribution in [1.82, 2.24) is 15.5 Å². The zero-order chi connectivity index (χ0) is 18.4. The highest BCUT2D eigenvalue weighted by atomic mass is 35.5. The summed E-state index contributed by atoms with van der Waals surface area (Å²) in [5.74, 6) is 0.554. The Labute approximate surface area is 167 Å². The molecule has 0 spiro atoms. The highest BCUT2D eigenvalue weighted by Crippen LogP contribution is 2.19. The van der Waals surface area contributed by atoms with E-state index in [4.69, 9.17) is 0 Å². The van der Waals surface area contributed by atoms with Gasteiger partial charge in [0.2, 0.25) is 5.91 Å². The number of carbonyl (C=O) groups excluding carboxylic acids is 2. The van der Waals surface area contributed by atoms with Gasteiger partial charge in [-0.25, -0.2) is 4.79 Å². The molecule has 3 amide bonds. The second-order valence-corrected chi connectivity index (χ2v) is 7.50. The second kappa shape index (κ2) is 10.5. The van der Waals surface area contributed by atoms with Crippen molar-refractivity contribution in [3.8, 4) is 0 Å². The van der Waals surface area contributed by atoms with E-state index >= 15 is 0 Å². The maximum atomic E-state index is 12.7. The van der Waals surface area contributed by atoms with E-state index < -0.39 is 0 Å². The molecule has 6 nitrogen and oxygen atoms in total. The number of anilines is 1. The van der Waals surface area contributed by atoms with E-state index in [9.17, 15) is 9.59 Å². The van der Waals surface area contributed by atoms with Gasteiger partial charge in [0.15, 0.2) is 0 Å². The molecule has 1 aromatic rings. The van der Waals surface area contributed by atoms with E-state index in [-0.39, 0.29) is 30.4 Å². The van der Waals surface area contributed by atoms with Crippen molar-refractivity contribution in [2.45, 2.75) is 45.1 Å². The Kier molecular flexibility index (Phi) is 8.38. The van der Waals surface area contributed by atoms with Gasteiger partial charge in [-0.15, -0.1) is 12.4 Å². The maximum absolute atomic E-state index is 12.7. The third-order valence-corrected chi connectivity index (χ3v) is 5.30. The van der Waals surface area contributed by atoms with Crippen LogP contribution in [0.5, 0.6) is 0 Å². The van der Waals surface area contributed by atoms with Crippen molar-refractivity contribution in [1.29, 1.82) is 0 Å². The molecule has 0 bridgehead atoms. The second-order valence-electron chi connectivity index (χ2n) is 7.50. The van der Waals surface area contributed by atoms with Gasteiger partial charge in [-0.3, -0.25) is 4.79 Å². The van der Waals surface area contributed by atoms with Crippen molar-refractivity contribution in [2.24, 2.45) is 5.92 Å². The molecule has 3 N–H and O–H groups in total. The molecule has 27 heavy (non-hydrogen) atoms. The van der Waals surface area contributed by atoms with E-state index in [1.807, 2.05) is 36.1 Å². The molecule has 2 aliphatic rings. The fraction of sp³-hybridized carbons (Fsp3) is 0.600. The molecule has 2 fully saturated rings. The lowest BCUT2D eigenvalue weighted by Crippen LogP contribution is -2.52. The first-order chi connectivity index (χ1) is 12.6. The number of likely N-dealkylation sites (tertiary alicyclic amines) is 1. The van der Waals surface area contributed by atoms with Crippen LogP contribution in [-0.4, -0.2) is 49.1 Å². The molecule has 2 saturated heterocycles. The number of carbonyl (C=O) groups is 2. The Hall–Kier alpha value is -1.79. The molecular weight excluding hydrogens is 364 g/mol. The minimum Gasteiger partial charge on any atom is -0.341 e. The number of nitrogens with one attached hydrogen (secondary N) is 3. The van der Waals surface area contributed by atoms with Crippen LogP contribution in [0.2, 0.25) is 0 Å². The Balaban J connectivity index is 0.00000261. The zero-order valence-electron chi connectivity index (χ0n) is 16.0. The molecule has 0 aromatic heterocycles. The first-order valence-electron chi connectivity index (χ1n) is 9.75. The van der Waals surface area contributed by atoms with E-state index in [1.165, 1.54) is 0 Å². The third kappa shape index (κ3) is 6.40. The largest absolute Gasteiger partial charge is 0.341 e. The third-order valence-electron chi connectivity index (χ3n) is 5.30. The van der Waals surface area contributed by atoms with Crippen molar-refractivity contribution < 1.29 is 9.59 Å². The fourth-order valence-corrected chi connectivity index (χ4v) is 3.76. The van der Waals surface area contributed by atoms with Crippen LogP contribution < -0.4 is 16.0 Å². The summed E-state index contributed by atoms with van der Waals surface area (Å²) in [6.07, 6.45) is 5.28. The monoisotopic (exact) mass is 394 g/mol. The van der Waals surface area contributed by atoms with E-state index in [1.54, 1.807) is 0 Å². The van der Waals surface area contributed by atoms with Gasteiger partial charge in [0, 0.05) is 25.3 Å². The van der Waals surface area contributed by atoms with Crippen LogP contribution in [0.25, 0.3) is 0 Å². The van der Waals surface area contributed by atoms with Gasteiger partial charge in [0.1, 0.15) is 0 Å².